The van der Waals surface area contributed by atoms with Gasteiger partial charge >= 0.3 is 0 Å². The summed E-state index contributed by atoms with van der Waals surface area (Å²) in [6, 6.07) is 0.226. The molecule has 0 aromatic rings. The summed E-state index contributed by atoms with van der Waals surface area (Å²) in [6.45, 7) is 7.56. The second-order valence-corrected chi connectivity index (χ2v) is 4.41. The van der Waals surface area contributed by atoms with Gasteiger partial charge in [0.1, 0.15) is 0 Å². The Hall–Kier alpha value is -0.160. The van der Waals surface area contributed by atoms with E-state index in [2.05, 4.69) is 19.2 Å². The van der Waals surface area contributed by atoms with Crippen LogP contribution in [0.4, 0.5) is 0 Å². The summed E-state index contributed by atoms with van der Waals surface area (Å²) in [7, 11) is 1.67. The van der Waals surface area contributed by atoms with Gasteiger partial charge in [-0.05, 0) is 18.8 Å². The van der Waals surface area contributed by atoms with E-state index in [0.717, 1.165) is 32.6 Å². The van der Waals surface area contributed by atoms with Crippen LogP contribution in [0.3, 0.4) is 0 Å². The summed E-state index contributed by atoms with van der Waals surface area (Å²) >= 11 is 0. The number of ether oxygens (including phenoxy) is 2. The minimum Gasteiger partial charge on any atom is -0.396 e. The first-order valence-corrected chi connectivity index (χ1v) is 6.11. The monoisotopic (exact) mass is 233 g/mol. The van der Waals surface area contributed by atoms with Gasteiger partial charge in [-0.15, -0.1) is 0 Å². The summed E-state index contributed by atoms with van der Waals surface area (Å²) in [6.07, 6.45) is 1.83. The van der Waals surface area contributed by atoms with Gasteiger partial charge in [0, 0.05) is 32.9 Å². The molecule has 0 saturated carbocycles. The highest BCUT2D eigenvalue weighted by Crippen LogP contribution is 1.98. The quantitative estimate of drug-likeness (QED) is 0.524. The fourth-order valence-electron chi connectivity index (χ4n) is 1.36. The highest BCUT2D eigenvalue weighted by molar-refractivity contribution is 4.64. The Morgan fingerprint density at radius 2 is 1.94 bits per heavy atom. The normalized spacial score (nSPS) is 13.3. The van der Waals surface area contributed by atoms with Gasteiger partial charge in [-0.2, -0.15) is 0 Å². The van der Waals surface area contributed by atoms with Gasteiger partial charge in [0.25, 0.3) is 0 Å². The van der Waals surface area contributed by atoms with Crippen molar-refractivity contribution in [3.63, 3.8) is 0 Å². The Morgan fingerprint density at radius 3 is 2.50 bits per heavy atom. The number of hydrogen-bond donors (Lipinski definition) is 2. The maximum Gasteiger partial charge on any atom is 0.0616 e. The van der Waals surface area contributed by atoms with Gasteiger partial charge in [-0.1, -0.05) is 13.8 Å². The van der Waals surface area contributed by atoms with Gasteiger partial charge in [-0.25, -0.2) is 0 Å². The maximum atomic E-state index is 8.84. The van der Waals surface area contributed by atoms with E-state index in [1.807, 2.05) is 0 Å². The molecule has 0 amide bonds. The predicted octanol–water partition coefficient (Wildman–Crippen LogP) is 1.04. The lowest BCUT2D eigenvalue weighted by Gasteiger charge is -2.16. The summed E-state index contributed by atoms with van der Waals surface area (Å²) in [4.78, 5) is 0. The van der Waals surface area contributed by atoms with Crippen LogP contribution in [0.5, 0.6) is 0 Å². The summed E-state index contributed by atoms with van der Waals surface area (Å²) in [5.41, 5.74) is 0. The van der Waals surface area contributed by atoms with Crippen molar-refractivity contribution >= 4 is 0 Å². The third-order valence-electron chi connectivity index (χ3n) is 2.36. The van der Waals surface area contributed by atoms with Crippen molar-refractivity contribution in [3.8, 4) is 0 Å². The molecule has 0 aromatic carbocycles. The molecule has 4 nitrogen and oxygen atoms in total. The molecule has 0 saturated heterocycles. The van der Waals surface area contributed by atoms with Crippen LogP contribution in [0.2, 0.25) is 0 Å². The van der Waals surface area contributed by atoms with Crippen molar-refractivity contribution in [1.29, 1.82) is 0 Å². The van der Waals surface area contributed by atoms with Crippen molar-refractivity contribution < 1.29 is 14.6 Å². The number of nitrogens with one attached hydrogen (secondary N) is 1. The molecule has 2 N–H and O–H groups in total. The van der Waals surface area contributed by atoms with Crippen LogP contribution >= 0.6 is 0 Å². The fraction of sp³-hybridized carbons (Fsp3) is 1.00. The van der Waals surface area contributed by atoms with Crippen LogP contribution in [0, 0.1) is 5.92 Å². The first kappa shape index (κ1) is 15.8. The molecule has 0 aromatic heterocycles. The number of hydrogen-bond acceptors (Lipinski definition) is 4. The van der Waals surface area contributed by atoms with Gasteiger partial charge in [0.2, 0.25) is 0 Å². The van der Waals surface area contributed by atoms with Gasteiger partial charge in [-0.3, -0.25) is 0 Å². The molecule has 1 atom stereocenters. The molecule has 0 aliphatic rings. The fourth-order valence-corrected chi connectivity index (χ4v) is 1.36. The topological polar surface area (TPSA) is 50.7 Å². The predicted molar refractivity (Wildman–Crippen MR) is 65.6 cm³/mol. The third kappa shape index (κ3) is 10.4. The average molecular weight is 233 g/mol. The molecule has 0 radical (unpaired) electrons. The SMILES string of the molecule is COCC(CCO)NCCOCCC(C)C. The summed E-state index contributed by atoms with van der Waals surface area (Å²) in [5.74, 6) is 0.698. The number of methoxy groups -OCH3 is 1. The molecule has 4 heteroatoms. The lowest BCUT2D eigenvalue weighted by molar-refractivity contribution is 0.111. The first-order chi connectivity index (χ1) is 7.70. The Balaban J connectivity index is 3.32. The van der Waals surface area contributed by atoms with E-state index in [4.69, 9.17) is 14.6 Å². The summed E-state index contributed by atoms with van der Waals surface area (Å²) in [5, 5.41) is 12.1. The van der Waals surface area contributed by atoms with Crippen molar-refractivity contribution in [2.45, 2.75) is 32.7 Å². The Kier molecular flexibility index (Phi) is 11.2. The molecule has 0 aliphatic carbocycles. The van der Waals surface area contributed by atoms with Crippen LogP contribution in [0.25, 0.3) is 0 Å². The minimum absolute atomic E-state index is 0.190. The molecular weight excluding hydrogens is 206 g/mol. The highest BCUT2D eigenvalue weighted by Gasteiger charge is 2.05. The van der Waals surface area contributed by atoms with Crippen LogP contribution in [-0.2, 0) is 9.47 Å². The van der Waals surface area contributed by atoms with E-state index in [1.54, 1.807) is 7.11 Å². The molecule has 0 heterocycles. The lowest BCUT2D eigenvalue weighted by atomic mass is 10.1. The highest BCUT2D eigenvalue weighted by atomic mass is 16.5. The van der Waals surface area contributed by atoms with E-state index in [9.17, 15) is 0 Å². The van der Waals surface area contributed by atoms with Crippen LogP contribution in [-0.4, -0.2) is 51.2 Å². The van der Waals surface area contributed by atoms with Gasteiger partial charge in [0.05, 0.1) is 13.2 Å². The van der Waals surface area contributed by atoms with Crippen LogP contribution in [0.15, 0.2) is 0 Å². The van der Waals surface area contributed by atoms with Crippen LogP contribution < -0.4 is 5.32 Å². The molecule has 1 unspecified atom stereocenters. The van der Waals surface area contributed by atoms with Gasteiger partial charge in [0.15, 0.2) is 0 Å². The molecule has 0 spiro atoms. The van der Waals surface area contributed by atoms with E-state index in [1.165, 1.54) is 0 Å². The third-order valence-corrected chi connectivity index (χ3v) is 2.36. The number of aliphatic hydroxyl groups is 1. The number of rotatable bonds is 11. The Bertz CT molecular complexity index is 136. The van der Waals surface area contributed by atoms with Crippen LogP contribution in [0.1, 0.15) is 26.7 Å². The molecule has 0 fully saturated rings. The zero-order valence-electron chi connectivity index (χ0n) is 10.9. The zero-order chi connectivity index (χ0) is 12.2. The Labute approximate surface area is 99.3 Å². The van der Waals surface area contributed by atoms with Crippen molar-refractivity contribution in [3.05, 3.63) is 0 Å². The van der Waals surface area contributed by atoms with E-state index >= 15 is 0 Å². The molecular formula is C12H27NO3. The molecule has 0 bridgehead atoms. The largest absolute Gasteiger partial charge is 0.396 e. The standard InChI is InChI=1S/C12H27NO3/c1-11(2)5-8-16-9-6-13-12(4-7-14)10-15-3/h11-14H,4-10H2,1-3H3. The first-order valence-electron chi connectivity index (χ1n) is 6.11. The smallest absolute Gasteiger partial charge is 0.0616 e. The summed E-state index contributed by atoms with van der Waals surface area (Å²) < 4.78 is 10.5. The zero-order valence-corrected chi connectivity index (χ0v) is 10.9. The lowest BCUT2D eigenvalue weighted by Crippen LogP contribution is -2.36. The second-order valence-electron chi connectivity index (χ2n) is 4.41. The van der Waals surface area contributed by atoms with E-state index in [-0.39, 0.29) is 12.6 Å². The minimum atomic E-state index is 0.190. The molecule has 98 valence electrons. The van der Waals surface area contributed by atoms with Crippen molar-refractivity contribution in [2.24, 2.45) is 5.92 Å². The Morgan fingerprint density at radius 1 is 1.19 bits per heavy atom. The van der Waals surface area contributed by atoms with E-state index in [0.29, 0.717) is 12.5 Å². The van der Waals surface area contributed by atoms with Crippen molar-refractivity contribution in [2.75, 3.05) is 40.1 Å². The maximum absolute atomic E-state index is 8.84. The van der Waals surface area contributed by atoms with Crippen molar-refractivity contribution in [1.82, 2.24) is 5.32 Å². The average Bonchev–Trinajstić information content (AvgIpc) is 2.23. The second kappa shape index (κ2) is 11.3. The molecule has 16 heavy (non-hydrogen) atoms. The van der Waals surface area contributed by atoms with Gasteiger partial charge < -0.3 is 19.9 Å². The molecule has 0 rings (SSSR count). The molecule has 0 aliphatic heterocycles. The number of aliphatic hydroxyl groups excluding tert-OH is 1. The van der Waals surface area contributed by atoms with E-state index < -0.39 is 0 Å².